The first-order chi connectivity index (χ1) is 19.8. The Morgan fingerprint density at radius 2 is 1.76 bits per heavy atom. The van der Waals surface area contributed by atoms with Gasteiger partial charge in [-0.25, -0.2) is 0 Å². The maximum Gasteiger partial charge on any atom is 0.311 e. The average molecular weight is 625 g/mol. The zero-order valence-electron chi connectivity index (χ0n) is 23.0. The molecule has 1 fully saturated rings. The van der Waals surface area contributed by atoms with Crippen molar-refractivity contribution >= 4 is 33.4 Å². The van der Waals surface area contributed by atoms with Gasteiger partial charge in [-0.05, 0) is 42.2 Å². The smallest absolute Gasteiger partial charge is 0.311 e. The van der Waals surface area contributed by atoms with Crippen LogP contribution in [0.25, 0.3) is 0 Å². The van der Waals surface area contributed by atoms with Crippen molar-refractivity contribution in [1.29, 1.82) is 0 Å². The van der Waals surface area contributed by atoms with E-state index in [4.69, 9.17) is 9.47 Å². The Balaban J connectivity index is 1.61. The molecule has 10 heteroatoms. The predicted molar refractivity (Wildman–Crippen MR) is 159 cm³/mol. The molecule has 3 aromatic rings. The number of carbonyl (C=O) groups is 2. The minimum atomic E-state index is -0.777. The molecule has 1 aliphatic carbocycles. The molecule has 4 rings (SSSR count). The lowest BCUT2D eigenvalue weighted by atomic mass is 9.94. The fourth-order valence-electron chi connectivity index (χ4n) is 5.06. The molecular formula is C31H34BrN3O6. The van der Waals surface area contributed by atoms with Crippen LogP contribution in [-0.2, 0) is 22.6 Å². The van der Waals surface area contributed by atoms with Gasteiger partial charge in [0.05, 0.1) is 12.0 Å². The van der Waals surface area contributed by atoms with Gasteiger partial charge in [0.25, 0.3) is 5.91 Å². The van der Waals surface area contributed by atoms with Gasteiger partial charge < -0.3 is 19.7 Å². The molecule has 41 heavy (non-hydrogen) atoms. The van der Waals surface area contributed by atoms with Crippen LogP contribution < -0.4 is 14.8 Å². The highest BCUT2D eigenvalue weighted by Gasteiger charge is 2.32. The monoisotopic (exact) mass is 623 g/mol. The van der Waals surface area contributed by atoms with E-state index in [0.717, 1.165) is 47.7 Å². The first kappa shape index (κ1) is 30.0. The Morgan fingerprint density at radius 1 is 1.02 bits per heavy atom. The highest BCUT2D eigenvalue weighted by molar-refractivity contribution is 9.10. The number of nitro groups is 1. The number of hydrogen-bond acceptors (Lipinski definition) is 6. The lowest BCUT2D eigenvalue weighted by Gasteiger charge is -2.33. The summed E-state index contributed by atoms with van der Waals surface area (Å²) in [6.07, 6.45) is 5.49. The van der Waals surface area contributed by atoms with E-state index in [0.29, 0.717) is 6.42 Å². The summed E-state index contributed by atoms with van der Waals surface area (Å²) in [6.45, 7) is -0.169. The van der Waals surface area contributed by atoms with Crippen molar-refractivity contribution < 1.29 is 24.0 Å². The Kier molecular flexibility index (Phi) is 10.7. The van der Waals surface area contributed by atoms with Gasteiger partial charge in [-0.1, -0.05) is 77.7 Å². The summed E-state index contributed by atoms with van der Waals surface area (Å²) >= 11 is 3.50. The van der Waals surface area contributed by atoms with Gasteiger partial charge in [-0.3, -0.25) is 19.7 Å². The summed E-state index contributed by atoms with van der Waals surface area (Å²) in [5, 5.41) is 14.5. The minimum Gasteiger partial charge on any atom is -0.490 e. The quantitative estimate of drug-likeness (QED) is 0.201. The number of halogens is 1. The Hall–Kier alpha value is -3.92. The number of nitrogens with one attached hydrogen (secondary N) is 1. The molecule has 3 aromatic carbocycles. The predicted octanol–water partition coefficient (Wildman–Crippen LogP) is 5.83. The number of methoxy groups -OCH3 is 1. The Bertz CT molecular complexity index is 1350. The van der Waals surface area contributed by atoms with Crippen LogP contribution in [0.4, 0.5) is 5.69 Å². The molecule has 0 spiro atoms. The third kappa shape index (κ3) is 8.53. The second kappa shape index (κ2) is 14.6. The van der Waals surface area contributed by atoms with Gasteiger partial charge in [-0.2, -0.15) is 0 Å². The third-order valence-corrected chi connectivity index (χ3v) is 7.67. The van der Waals surface area contributed by atoms with Crippen LogP contribution in [0.5, 0.6) is 11.5 Å². The molecule has 0 heterocycles. The molecule has 0 bridgehead atoms. The molecular weight excluding hydrogens is 590 g/mol. The summed E-state index contributed by atoms with van der Waals surface area (Å²) in [5.41, 5.74) is 1.59. The molecule has 0 aromatic heterocycles. The van der Waals surface area contributed by atoms with Crippen LogP contribution in [0.3, 0.4) is 0 Å². The Morgan fingerprint density at radius 3 is 2.44 bits per heavy atom. The third-order valence-electron chi connectivity index (χ3n) is 7.17. The van der Waals surface area contributed by atoms with Crippen molar-refractivity contribution in [3.05, 3.63) is 98.5 Å². The van der Waals surface area contributed by atoms with Gasteiger partial charge in [0.1, 0.15) is 11.8 Å². The van der Waals surface area contributed by atoms with Crippen molar-refractivity contribution in [2.45, 2.75) is 57.2 Å². The SMILES string of the molecule is COc1cc(OCC(=O)N(Cc2cccc(Br)c2)[C@H](Cc2ccccc2)C(=O)NC2CCCCC2)ccc1[N+](=O)[O-]. The van der Waals surface area contributed by atoms with Crippen molar-refractivity contribution in [3.63, 3.8) is 0 Å². The first-order valence-corrected chi connectivity index (χ1v) is 14.5. The van der Waals surface area contributed by atoms with E-state index >= 15 is 0 Å². The van der Waals surface area contributed by atoms with E-state index in [-0.39, 0.29) is 48.2 Å². The van der Waals surface area contributed by atoms with E-state index in [1.54, 1.807) is 4.90 Å². The van der Waals surface area contributed by atoms with Crippen molar-refractivity contribution in [1.82, 2.24) is 10.2 Å². The molecule has 0 unspecified atom stereocenters. The van der Waals surface area contributed by atoms with Crippen LogP contribution in [0.2, 0.25) is 0 Å². The molecule has 1 saturated carbocycles. The minimum absolute atomic E-state index is 0.0276. The topological polar surface area (TPSA) is 111 Å². The number of carbonyl (C=O) groups excluding carboxylic acids is 2. The van der Waals surface area contributed by atoms with E-state index in [9.17, 15) is 19.7 Å². The standard InChI is InChI=1S/C31H34BrN3O6/c1-40-29-19-26(15-16-27(29)35(38)39)41-21-30(36)34(20-23-11-8-12-24(32)17-23)28(18-22-9-4-2-5-10-22)31(37)33-25-13-6-3-7-14-25/h2,4-5,8-12,15-17,19,25,28H,3,6-7,13-14,18,20-21H2,1H3,(H,33,37)/t28-/m1/s1. The van der Waals surface area contributed by atoms with Gasteiger partial charge in [-0.15, -0.1) is 0 Å². The summed E-state index contributed by atoms with van der Waals surface area (Å²) in [6, 6.07) is 20.6. The van der Waals surface area contributed by atoms with E-state index in [1.165, 1.54) is 25.3 Å². The highest BCUT2D eigenvalue weighted by atomic mass is 79.9. The van der Waals surface area contributed by atoms with Crippen LogP contribution in [0, 0.1) is 10.1 Å². The lowest BCUT2D eigenvalue weighted by molar-refractivity contribution is -0.385. The summed E-state index contributed by atoms with van der Waals surface area (Å²) in [4.78, 5) is 40.0. The highest BCUT2D eigenvalue weighted by Crippen LogP contribution is 2.31. The largest absolute Gasteiger partial charge is 0.490 e. The van der Waals surface area contributed by atoms with Gasteiger partial charge in [0, 0.05) is 35.6 Å². The molecule has 0 aliphatic heterocycles. The molecule has 0 saturated heterocycles. The van der Waals surface area contributed by atoms with E-state index < -0.39 is 11.0 Å². The Labute approximate surface area is 248 Å². The summed E-state index contributed by atoms with van der Waals surface area (Å²) < 4.78 is 11.8. The first-order valence-electron chi connectivity index (χ1n) is 13.7. The van der Waals surface area contributed by atoms with Gasteiger partial charge in [0.15, 0.2) is 6.61 Å². The summed E-state index contributed by atoms with van der Waals surface area (Å²) in [7, 11) is 1.33. The molecule has 1 N–H and O–H groups in total. The number of nitrogens with zero attached hydrogens (tertiary/aromatic N) is 2. The molecule has 0 radical (unpaired) electrons. The number of rotatable bonds is 12. The molecule has 1 aliphatic rings. The van der Waals surface area contributed by atoms with Crippen molar-refractivity contribution in [3.8, 4) is 11.5 Å². The number of ether oxygens (including phenoxy) is 2. The second-order valence-electron chi connectivity index (χ2n) is 10.1. The van der Waals surface area contributed by atoms with Gasteiger partial charge >= 0.3 is 5.69 Å². The van der Waals surface area contributed by atoms with E-state index in [1.807, 2.05) is 54.6 Å². The average Bonchev–Trinajstić information content (AvgIpc) is 2.98. The molecule has 216 valence electrons. The molecule has 2 amide bonds. The summed E-state index contributed by atoms with van der Waals surface area (Å²) in [5.74, 6) is -0.308. The van der Waals surface area contributed by atoms with Crippen molar-refractivity contribution in [2.75, 3.05) is 13.7 Å². The maximum atomic E-state index is 13.8. The molecule has 1 atom stereocenters. The number of hydrogen-bond donors (Lipinski definition) is 1. The van der Waals surface area contributed by atoms with Crippen LogP contribution in [0.1, 0.15) is 43.2 Å². The molecule has 9 nitrogen and oxygen atoms in total. The van der Waals surface area contributed by atoms with E-state index in [2.05, 4.69) is 21.2 Å². The number of benzene rings is 3. The fraction of sp³-hybridized carbons (Fsp3) is 0.355. The lowest BCUT2D eigenvalue weighted by Crippen LogP contribution is -2.53. The fourth-order valence-corrected chi connectivity index (χ4v) is 5.50. The zero-order valence-corrected chi connectivity index (χ0v) is 24.5. The zero-order chi connectivity index (χ0) is 29.2. The van der Waals surface area contributed by atoms with Crippen LogP contribution in [0.15, 0.2) is 77.3 Å². The number of amides is 2. The normalized spacial score (nSPS) is 14.1. The maximum absolute atomic E-state index is 13.8. The van der Waals surface area contributed by atoms with Gasteiger partial charge in [0.2, 0.25) is 11.7 Å². The van der Waals surface area contributed by atoms with Crippen LogP contribution >= 0.6 is 15.9 Å². The van der Waals surface area contributed by atoms with Crippen LogP contribution in [-0.4, -0.2) is 47.4 Å². The number of nitro benzene ring substituents is 1. The van der Waals surface area contributed by atoms with Crippen molar-refractivity contribution in [2.24, 2.45) is 0 Å². The second-order valence-corrected chi connectivity index (χ2v) is 11.0.